The molecule has 1 fully saturated rings. The van der Waals surface area contributed by atoms with Gasteiger partial charge >= 0.3 is 0 Å². The number of hydrogen-bond donors (Lipinski definition) is 3. The highest BCUT2D eigenvalue weighted by Gasteiger charge is 2.49. The molecule has 2 atom stereocenters. The third-order valence-electron chi connectivity index (χ3n) is 6.83. The second-order valence-electron chi connectivity index (χ2n) is 9.12. The molecule has 0 amide bonds. The molecule has 2 aromatic carbocycles. The van der Waals surface area contributed by atoms with Crippen LogP contribution in [0.1, 0.15) is 30.2 Å². The Morgan fingerprint density at radius 1 is 1.24 bits per heavy atom. The Balaban J connectivity index is 1.37. The second kappa shape index (κ2) is 8.66. The lowest BCUT2D eigenvalue weighted by molar-refractivity contribution is 0.119. The molecule has 34 heavy (non-hydrogen) atoms. The first-order valence-electron chi connectivity index (χ1n) is 11.2. The number of rotatable bonds is 4. The van der Waals surface area contributed by atoms with Crippen LogP contribution in [-0.4, -0.2) is 42.2 Å². The number of aromatic hydroxyl groups is 1. The Morgan fingerprint density at radius 2 is 2.06 bits per heavy atom. The lowest BCUT2D eigenvalue weighted by Crippen LogP contribution is -2.55. The molecular formula is C25H28FN3O3S2. The summed E-state index contributed by atoms with van der Waals surface area (Å²) in [6.45, 7) is 5.57. The normalized spacial score (nSPS) is 25.2. The fourth-order valence-corrected chi connectivity index (χ4v) is 7.50. The summed E-state index contributed by atoms with van der Waals surface area (Å²) in [4.78, 5) is 7.83. The van der Waals surface area contributed by atoms with Gasteiger partial charge in [-0.25, -0.2) is 9.37 Å². The average Bonchev–Trinajstić information content (AvgIpc) is 3.31. The maximum Gasteiger partial charge on any atom is 0.125 e. The van der Waals surface area contributed by atoms with E-state index in [1.807, 2.05) is 25.1 Å². The summed E-state index contributed by atoms with van der Waals surface area (Å²) in [5.41, 5.74) is 4.31. The number of thiazole rings is 1. The van der Waals surface area contributed by atoms with Gasteiger partial charge in [0.2, 0.25) is 0 Å². The van der Waals surface area contributed by atoms with Crippen LogP contribution in [-0.2, 0) is 6.54 Å². The highest BCUT2D eigenvalue weighted by molar-refractivity contribution is 8.28. The number of nitrogens with zero attached hydrogens (tertiary/aromatic N) is 3. The summed E-state index contributed by atoms with van der Waals surface area (Å²) in [7, 11) is -3.17. The molecule has 6 nitrogen and oxygen atoms in total. The highest BCUT2D eigenvalue weighted by Crippen LogP contribution is 2.60. The van der Waals surface area contributed by atoms with Gasteiger partial charge < -0.3 is 5.11 Å². The Bertz CT molecular complexity index is 1250. The molecule has 0 radical (unpaired) electrons. The zero-order chi connectivity index (χ0) is 24.1. The topological polar surface area (TPSA) is 80.1 Å². The number of piperidine rings is 1. The maximum atomic E-state index is 14.0. The van der Waals surface area contributed by atoms with Gasteiger partial charge in [0, 0.05) is 35.0 Å². The summed E-state index contributed by atoms with van der Waals surface area (Å²) in [6, 6.07) is 11.8. The molecule has 1 aromatic heterocycles. The van der Waals surface area contributed by atoms with Gasteiger partial charge in [-0.15, -0.1) is 11.3 Å². The van der Waals surface area contributed by atoms with Gasteiger partial charge in [0.1, 0.15) is 11.6 Å². The van der Waals surface area contributed by atoms with Crippen molar-refractivity contribution in [1.29, 1.82) is 0 Å². The van der Waals surface area contributed by atoms with Crippen molar-refractivity contribution in [3.63, 3.8) is 0 Å². The van der Waals surface area contributed by atoms with Crippen LogP contribution in [0, 0.1) is 12.7 Å². The minimum Gasteiger partial charge on any atom is -0.507 e. The van der Waals surface area contributed by atoms with Crippen LogP contribution < -0.4 is 4.31 Å². The van der Waals surface area contributed by atoms with Crippen LogP contribution in [0.25, 0.3) is 11.3 Å². The number of aryl methyl sites for hydroxylation is 1. The van der Waals surface area contributed by atoms with Crippen molar-refractivity contribution >= 4 is 27.8 Å². The third kappa shape index (κ3) is 4.12. The van der Waals surface area contributed by atoms with E-state index in [0.717, 1.165) is 28.2 Å². The molecule has 2 aliphatic heterocycles. The molecule has 5 rings (SSSR count). The fraction of sp³-hybridized carbons (Fsp3) is 0.320. The summed E-state index contributed by atoms with van der Waals surface area (Å²) in [6.07, 6.45) is 3.24. The Labute approximate surface area is 204 Å². The molecule has 9 heteroatoms. The number of likely N-dealkylation sites (tertiary alicyclic amines) is 1. The molecular weight excluding hydrogens is 473 g/mol. The number of hydrogen-bond acceptors (Lipinski definition) is 7. The van der Waals surface area contributed by atoms with Gasteiger partial charge in [0.05, 0.1) is 22.4 Å². The molecule has 3 heterocycles. The Kier molecular flexibility index (Phi) is 5.94. The predicted molar refractivity (Wildman–Crippen MR) is 137 cm³/mol. The highest BCUT2D eigenvalue weighted by atomic mass is 32.3. The second-order valence-corrected chi connectivity index (χ2v) is 11.9. The fourth-order valence-electron chi connectivity index (χ4n) is 5.17. The van der Waals surface area contributed by atoms with Crippen LogP contribution >= 0.6 is 22.1 Å². The van der Waals surface area contributed by atoms with Crippen LogP contribution in [0.5, 0.6) is 5.75 Å². The van der Waals surface area contributed by atoms with E-state index in [-0.39, 0.29) is 11.8 Å². The quantitative estimate of drug-likeness (QED) is 0.385. The Hall–Kier alpha value is -2.43. The summed E-state index contributed by atoms with van der Waals surface area (Å²) in [5, 5.41) is 11.9. The first-order valence-corrected chi connectivity index (χ1v) is 13.6. The monoisotopic (exact) mass is 501 g/mol. The molecule has 0 aliphatic carbocycles. The largest absolute Gasteiger partial charge is 0.507 e. The van der Waals surface area contributed by atoms with Crippen molar-refractivity contribution < 1.29 is 18.6 Å². The zero-order valence-electron chi connectivity index (χ0n) is 19.1. The standard InChI is InChI=1S/C25H28FN3O3S2/c1-17-14-25(9-11-34(31,32)29(25)21-5-3-4-20(26)13-21)8-10-28(17)15-19-6-7-23(30)22(12-19)24-18(2)33-16-27-24/h3-7,9,11-13,16-17,30-32H,8,10,14-15H2,1-2H3/t17-,25-/m0/s1. The minimum atomic E-state index is -3.17. The van der Waals surface area contributed by atoms with Gasteiger partial charge in [0.25, 0.3) is 0 Å². The van der Waals surface area contributed by atoms with Gasteiger partial charge in [-0.2, -0.15) is 0 Å². The van der Waals surface area contributed by atoms with Gasteiger partial charge in [-0.1, -0.05) is 22.9 Å². The first kappa shape index (κ1) is 23.3. The van der Waals surface area contributed by atoms with Crippen molar-refractivity contribution in [3.8, 4) is 17.0 Å². The average molecular weight is 502 g/mol. The summed E-state index contributed by atoms with van der Waals surface area (Å²) < 4.78 is 37.1. The van der Waals surface area contributed by atoms with Crippen molar-refractivity contribution in [2.45, 2.75) is 44.8 Å². The molecule has 1 spiro atoms. The first-order chi connectivity index (χ1) is 16.2. The molecule has 1 saturated heterocycles. The molecule has 2 aliphatic rings. The zero-order valence-corrected chi connectivity index (χ0v) is 20.7. The maximum absolute atomic E-state index is 14.0. The molecule has 3 N–H and O–H groups in total. The van der Waals surface area contributed by atoms with Gasteiger partial charge in [-0.05, 0) is 68.7 Å². The van der Waals surface area contributed by atoms with Crippen LogP contribution in [0.2, 0.25) is 0 Å². The van der Waals surface area contributed by atoms with E-state index >= 15 is 0 Å². The number of aromatic nitrogens is 1. The minimum absolute atomic E-state index is 0.140. The number of phenols is 1. The van der Waals surface area contributed by atoms with Gasteiger partial charge in [0.15, 0.2) is 0 Å². The number of benzene rings is 2. The van der Waals surface area contributed by atoms with Crippen LogP contribution in [0.4, 0.5) is 10.1 Å². The SMILES string of the molecule is Cc1scnc1-c1cc(CN2CC[C@]3(C=CS(O)(O)N3c3cccc(F)c3)C[C@@H]2C)ccc1O. The van der Waals surface area contributed by atoms with Crippen molar-refractivity contribution in [3.05, 3.63) is 75.7 Å². The third-order valence-corrected chi connectivity index (χ3v) is 9.20. The van der Waals surface area contributed by atoms with Crippen molar-refractivity contribution in [2.24, 2.45) is 0 Å². The van der Waals surface area contributed by atoms with E-state index < -0.39 is 22.1 Å². The summed E-state index contributed by atoms with van der Waals surface area (Å²) >= 11 is 1.55. The smallest absolute Gasteiger partial charge is 0.125 e. The molecule has 0 bridgehead atoms. The van der Waals surface area contributed by atoms with Crippen LogP contribution in [0.15, 0.2) is 59.5 Å². The van der Waals surface area contributed by atoms with E-state index in [1.54, 1.807) is 39.4 Å². The van der Waals surface area contributed by atoms with E-state index in [2.05, 4.69) is 16.8 Å². The van der Waals surface area contributed by atoms with E-state index in [0.29, 0.717) is 25.1 Å². The molecule has 0 saturated carbocycles. The summed E-state index contributed by atoms with van der Waals surface area (Å²) in [5.74, 6) is -0.186. The lowest BCUT2D eigenvalue weighted by atomic mass is 9.83. The van der Waals surface area contributed by atoms with Crippen molar-refractivity contribution in [2.75, 3.05) is 10.8 Å². The van der Waals surface area contributed by atoms with Crippen LogP contribution in [0.3, 0.4) is 0 Å². The van der Waals surface area contributed by atoms with E-state index in [4.69, 9.17) is 0 Å². The molecule has 3 aromatic rings. The van der Waals surface area contributed by atoms with Crippen molar-refractivity contribution in [1.82, 2.24) is 9.88 Å². The van der Waals surface area contributed by atoms with E-state index in [9.17, 15) is 18.6 Å². The lowest BCUT2D eigenvalue weighted by Gasteiger charge is -2.52. The molecule has 180 valence electrons. The molecule has 0 unspecified atom stereocenters. The van der Waals surface area contributed by atoms with Gasteiger partial charge in [-0.3, -0.25) is 18.3 Å². The Morgan fingerprint density at radius 3 is 2.76 bits per heavy atom. The van der Waals surface area contributed by atoms with E-state index in [1.165, 1.54) is 17.5 Å². The number of phenolic OH excluding ortho intramolecular Hbond substituents is 1. The predicted octanol–water partition coefficient (Wildman–Crippen LogP) is 6.39. The number of anilines is 1. The number of halogens is 1.